The fourth-order valence-corrected chi connectivity index (χ4v) is 9.46. The van der Waals surface area contributed by atoms with Crippen molar-refractivity contribution in [1.29, 1.82) is 0 Å². The predicted molar refractivity (Wildman–Crippen MR) is 163 cm³/mol. The van der Waals surface area contributed by atoms with E-state index in [4.69, 9.17) is 28.2 Å². The number of hydrogen-bond donors (Lipinski definition) is 0. The maximum absolute atomic E-state index is 7.38. The van der Waals surface area contributed by atoms with Crippen molar-refractivity contribution < 1.29 is 12.4 Å². The van der Waals surface area contributed by atoms with Crippen LogP contribution in [0.4, 0.5) is 0 Å². The van der Waals surface area contributed by atoms with Gasteiger partial charge in [-0.2, -0.15) is 4.99 Å². The van der Waals surface area contributed by atoms with Gasteiger partial charge in [0, 0.05) is 5.56 Å². The summed E-state index contributed by atoms with van der Waals surface area (Å²) in [5, 5.41) is 4.43. The first-order chi connectivity index (χ1) is 18.2. The lowest BCUT2D eigenvalue weighted by molar-refractivity contribution is -0.00000689. The molecule has 0 amide bonds. The summed E-state index contributed by atoms with van der Waals surface area (Å²) in [5.41, 5.74) is 2.50. The van der Waals surface area contributed by atoms with Crippen LogP contribution in [0, 0.1) is 0 Å². The van der Waals surface area contributed by atoms with Gasteiger partial charge in [-0.25, -0.2) is 0 Å². The smallest absolute Gasteiger partial charge is 0.218 e. The van der Waals surface area contributed by atoms with Gasteiger partial charge in [-0.1, -0.05) is 138 Å². The fourth-order valence-electron chi connectivity index (χ4n) is 4.49. The van der Waals surface area contributed by atoms with Crippen molar-refractivity contribution >= 4 is 56.6 Å². The molecule has 0 heterocycles. The van der Waals surface area contributed by atoms with Crippen LogP contribution >= 0.6 is 30.5 Å². The second-order valence-corrected chi connectivity index (χ2v) is 12.5. The molecule has 38 heavy (non-hydrogen) atoms. The highest BCUT2D eigenvalue weighted by molar-refractivity contribution is 7.99. The largest absolute Gasteiger partial charge is 1.00 e. The molecule has 0 spiro atoms. The van der Waals surface area contributed by atoms with Gasteiger partial charge in [-0.3, -0.25) is 0 Å². The summed E-state index contributed by atoms with van der Waals surface area (Å²) in [7, 11) is -2.58. The molecule has 0 radical (unpaired) electrons. The molecule has 0 bridgehead atoms. The van der Waals surface area contributed by atoms with E-state index in [9.17, 15) is 0 Å². The third-order valence-electron chi connectivity index (χ3n) is 6.19. The zero-order valence-corrected chi connectivity index (χ0v) is 23.6. The molecule has 0 N–H and O–H groups in total. The van der Waals surface area contributed by atoms with Gasteiger partial charge in [0.05, 0.1) is 0 Å². The number of halogens is 3. The molecule has 5 heteroatoms. The Morgan fingerprint density at radius 3 is 1.13 bits per heavy atom. The van der Waals surface area contributed by atoms with Crippen LogP contribution in [0.15, 0.2) is 162 Å². The highest BCUT2D eigenvalue weighted by Crippen LogP contribution is 2.65. The van der Waals surface area contributed by atoms with Gasteiger partial charge in [0.2, 0.25) is 5.44 Å². The summed E-state index contributed by atoms with van der Waals surface area (Å²) in [4.78, 5) is 5.20. The van der Waals surface area contributed by atoms with Crippen LogP contribution in [-0.2, 0) is 0 Å². The van der Waals surface area contributed by atoms with E-state index in [1.54, 1.807) is 0 Å². The van der Waals surface area contributed by atoms with E-state index in [1.165, 1.54) is 0 Å². The Morgan fingerprint density at radius 2 is 0.763 bits per heavy atom. The predicted octanol–water partition coefficient (Wildman–Crippen LogP) is 5.24. The van der Waals surface area contributed by atoms with Gasteiger partial charge >= 0.3 is 0 Å². The number of benzene rings is 5. The normalized spacial score (nSPS) is 12.3. The quantitative estimate of drug-likeness (QED) is 0.187. The van der Waals surface area contributed by atoms with Crippen molar-refractivity contribution in [1.82, 2.24) is 0 Å². The summed E-state index contributed by atoms with van der Waals surface area (Å²) < 4.78 is 0. The van der Waals surface area contributed by atoms with Crippen LogP contribution < -0.4 is 28.3 Å². The van der Waals surface area contributed by atoms with Crippen LogP contribution in [0.3, 0.4) is 0 Å². The van der Waals surface area contributed by atoms with Gasteiger partial charge in [-0.05, 0) is 42.0 Å². The third-order valence-corrected chi connectivity index (χ3v) is 11.2. The molecule has 188 valence electrons. The number of rotatable bonds is 7. The molecule has 1 nitrogen and oxygen atoms in total. The van der Waals surface area contributed by atoms with Crippen LogP contribution in [0.25, 0.3) is 5.03 Å². The van der Waals surface area contributed by atoms with E-state index in [1.807, 2.05) is 78.9 Å². The minimum atomic E-state index is -2.58. The summed E-state index contributed by atoms with van der Waals surface area (Å²) in [6.45, 7) is 0. The standard InChI is InChI=1S/C33H25Cl2NP.ClH/c34-31(26-16-6-1-7-17-26)33(36-32(35)27-18-8-2-9-19-27)37(28-20-10-3-11-21-28,29-22-12-4-13-23-29)30-24-14-5-15-25-30;/h1-25H;1H/q+1;/p-1/b33-31+,36-32-;. The van der Waals surface area contributed by atoms with Gasteiger partial charge in [0.1, 0.15) is 26.1 Å². The molecule has 0 aliphatic rings. The molecule has 5 rings (SSSR count). The van der Waals surface area contributed by atoms with E-state index in [0.717, 1.165) is 32.5 Å². The molecule has 0 atom stereocenters. The molecular weight excluding hydrogens is 548 g/mol. The lowest BCUT2D eigenvalue weighted by atomic mass is 10.2. The van der Waals surface area contributed by atoms with Crippen molar-refractivity contribution in [2.45, 2.75) is 0 Å². The average Bonchev–Trinajstić information content (AvgIpc) is 2.99. The van der Waals surface area contributed by atoms with E-state index in [2.05, 4.69) is 72.8 Å². The highest BCUT2D eigenvalue weighted by Gasteiger charge is 2.52. The van der Waals surface area contributed by atoms with E-state index < -0.39 is 7.26 Å². The minimum absolute atomic E-state index is 0. The SMILES string of the molecule is Cl/C(=N\C(=C(/Cl)c1ccccc1)[P+](c1ccccc1)(c1ccccc1)c1ccccc1)c1ccccc1.[Cl-]. The first-order valence-corrected chi connectivity index (χ1v) is 14.6. The number of aliphatic imine (C=N–C) groups is 1. The Labute approximate surface area is 241 Å². The zero-order chi connectivity index (χ0) is 25.5. The maximum Gasteiger partial charge on any atom is 0.218 e. The first-order valence-electron chi connectivity index (χ1n) is 12.0. The molecule has 0 unspecified atom stereocenters. The van der Waals surface area contributed by atoms with Crippen LogP contribution in [0.5, 0.6) is 0 Å². The summed E-state index contributed by atoms with van der Waals surface area (Å²) in [5.74, 6) is 0. The number of hydrogen-bond acceptors (Lipinski definition) is 1. The average molecular weight is 573 g/mol. The molecule has 0 fully saturated rings. The summed E-state index contributed by atoms with van der Waals surface area (Å²) in [6, 6.07) is 51.5. The molecule has 0 aliphatic heterocycles. The first kappa shape index (κ1) is 27.8. The van der Waals surface area contributed by atoms with Crippen molar-refractivity contribution in [2.24, 2.45) is 4.99 Å². The second-order valence-electron chi connectivity index (χ2n) is 8.45. The van der Waals surface area contributed by atoms with E-state index >= 15 is 0 Å². The van der Waals surface area contributed by atoms with Crippen molar-refractivity contribution in [3.05, 3.63) is 168 Å². The minimum Gasteiger partial charge on any atom is -1.00 e. The van der Waals surface area contributed by atoms with E-state index in [0.29, 0.717) is 10.2 Å². The highest BCUT2D eigenvalue weighted by atomic mass is 35.5. The Balaban J connectivity index is 0.00000336. The number of nitrogens with zero attached hydrogens (tertiary/aromatic N) is 1. The molecular formula is C33H25Cl3NP. The molecule has 0 saturated carbocycles. The maximum atomic E-state index is 7.38. The lowest BCUT2D eigenvalue weighted by Gasteiger charge is -2.28. The monoisotopic (exact) mass is 571 g/mol. The summed E-state index contributed by atoms with van der Waals surface area (Å²) in [6.07, 6.45) is 0. The molecule has 0 aromatic heterocycles. The fraction of sp³-hybridized carbons (Fsp3) is 0. The van der Waals surface area contributed by atoms with Gasteiger partial charge < -0.3 is 12.4 Å². The van der Waals surface area contributed by atoms with Crippen molar-refractivity contribution in [3.8, 4) is 0 Å². The van der Waals surface area contributed by atoms with Gasteiger partial charge in [-0.15, -0.1) is 0 Å². The van der Waals surface area contributed by atoms with Crippen LogP contribution in [-0.4, -0.2) is 5.17 Å². The van der Waals surface area contributed by atoms with Crippen molar-refractivity contribution in [2.75, 3.05) is 0 Å². The Bertz CT molecular complexity index is 1410. The summed E-state index contributed by atoms with van der Waals surface area (Å²) >= 11 is 14.4. The lowest BCUT2D eigenvalue weighted by Crippen LogP contribution is -3.00. The molecule has 5 aromatic carbocycles. The topological polar surface area (TPSA) is 12.4 Å². The van der Waals surface area contributed by atoms with Gasteiger partial charge in [0.15, 0.2) is 7.26 Å². The van der Waals surface area contributed by atoms with Crippen molar-refractivity contribution in [3.63, 3.8) is 0 Å². The third kappa shape index (κ3) is 5.63. The second kappa shape index (κ2) is 13.1. The van der Waals surface area contributed by atoms with Crippen LogP contribution in [0.2, 0.25) is 0 Å². The molecule has 0 saturated heterocycles. The Kier molecular flexibility index (Phi) is 9.56. The zero-order valence-electron chi connectivity index (χ0n) is 20.5. The van der Waals surface area contributed by atoms with E-state index in [-0.39, 0.29) is 12.4 Å². The Hall–Kier alpha value is -3.19. The molecule has 5 aromatic rings. The van der Waals surface area contributed by atoms with Crippen LogP contribution in [0.1, 0.15) is 11.1 Å². The van der Waals surface area contributed by atoms with Gasteiger partial charge in [0.25, 0.3) is 0 Å². The molecule has 0 aliphatic carbocycles. The Morgan fingerprint density at radius 1 is 0.447 bits per heavy atom.